The number of fused-ring (bicyclic) bond motifs is 1. The lowest BCUT2D eigenvalue weighted by Gasteiger charge is -2.28. The van der Waals surface area contributed by atoms with E-state index in [0.29, 0.717) is 6.54 Å². The van der Waals surface area contributed by atoms with Gasteiger partial charge in [0.05, 0.1) is 7.11 Å². The summed E-state index contributed by atoms with van der Waals surface area (Å²) in [6, 6.07) is 14.8. The molecular weight excluding hydrogens is 324 g/mol. The lowest BCUT2D eigenvalue weighted by Crippen LogP contribution is -2.36. The van der Waals surface area contributed by atoms with Crippen LogP contribution >= 0.6 is 0 Å². The minimum Gasteiger partial charge on any atom is -0.496 e. The summed E-state index contributed by atoms with van der Waals surface area (Å²) in [6.07, 6.45) is 2.39. The first-order valence-corrected chi connectivity index (χ1v) is 9.10. The highest BCUT2D eigenvalue weighted by Crippen LogP contribution is 2.26. The zero-order valence-corrected chi connectivity index (χ0v) is 15.9. The van der Waals surface area contributed by atoms with E-state index in [1.807, 2.05) is 18.2 Å². The fourth-order valence-corrected chi connectivity index (χ4v) is 3.38. The van der Waals surface area contributed by atoms with E-state index in [1.165, 1.54) is 23.2 Å². The van der Waals surface area contributed by atoms with Gasteiger partial charge >= 0.3 is 0 Å². The number of aryl methyl sites for hydroxylation is 1. The lowest BCUT2D eigenvalue weighted by atomic mass is 9.99. The molecule has 1 aliphatic heterocycles. The van der Waals surface area contributed by atoms with Crippen molar-refractivity contribution in [2.75, 3.05) is 32.6 Å². The highest BCUT2D eigenvalue weighted by atomic mass is 16.5. The number of ether oxygens (including phenoxy) is 1. The van der Waals surface area contributed by atoms with Gasteiger partial charge < -0.3 is 20.3 Å². The number of nitrogens with one attached hydrogen (secondary N) is 2. The second kappa shape index (κ2) is 8.61. The van der Waals surface area contributed by atoms with Gasteiger partial charge in [0, 0.05) is 45.0 Å². The van der Waals surface area contributed by atoms with Crippen LogP contribution in [0.15, 0.2) is 47.5 Å². The molecule has 0 bridgehead atoms. The van der Waals surface area contributed by atoms with Gasteiger partial charge in [-0.05, 0) is 36.1 Å². The van der Waals surface area contributed by atoms with Crippen LogP contribution in [0.3, 0.4) is 0 Å². The third-order valence-electron chi connectivity index (χ3n) is 4.82. The molecule has 1 heterocycles. The maximum absolute atomic E-state index is 5.40. The van der Waals surface area contributed by atoms with Crippen LogP contribution in [0.1, 0.15) is 23.1 Å². The summed E-state index contributed by atoms with van der Waals surface area (Å²) in [6.45, 7) is 2.56. The van der Waals surface area contributed by atoms with Gasteiger partial charge in [0.25, 0.3) is 0 Å². The van der Waals surface area contributed by atoms with Crippen LogP contribution in [0.2, 0.25) is 0 Å². The number of hydrogen-bond acceptors (Lipinski definition) is 3. The number of methoxy groups -OCH3 is 1. The molecule has 2 aromatic rings. The van der Waals surface area contributed by atoms with E-state index < -0.39 is 0 Å². The normalized spacial score (nSPS) is 14.0. The van der Waals surface area contributed by atoms with E-state index in [2.05, 4.69) is 51.8 Å². The molecule has 0 saturated carbocycles. The quantitative estimate of drug-likeness (QED) is 0.642. The second-order valence-corrected chi connectivity index (χ2v) is 6.58. The van der Waals surface area contributed by atoms with E-state index in [1.54, 1.807) is 14.2 Å². The van der Waals surface area contributed by atoms with E-state index >= 15 is 0 Å². The molecule has 0 atom stereocenters. The molecule has 1 aliphatic rings. The second-order valence-electron chi connectivity index (χ2n) is 6.58. The first kappa shape index (κ1) is 18.1. The standard InChI is InChI=1S/C21H28N4O/c1-22-21(24-15-18-7-4-5-9-20(18)26-3)23-14-16-10-11-19-17(13-16)8-6-12-25(19)2/h4-5,7,9-11,13H,6,8,12,14-15H2,1-3H3,(H2,22,23,24). The fourth-order valence-electron chi connectivity index (χ4n) is 3.38. The van der Waals surface area contributed by atoms with E-state index in [4.69, 9.17) is 4.74 Å². The molecule has 5 heteroatoms. The fraction of sp³-hybridized carbons (Fsp3) is 0.381. The molecule has 0 radical (unpaired) electrons. The van der Waals surface area contributed by atoms with Gasteiger partial charge in [0.15, 0.2) is 5.96 Å². The average molecular weight is 352 g/mol. The van der Waals surface area contributed by atoms with Crippen molar-refractivity contribution in [1.29, 1.82) is 0 Å². The Hall–Kier alpha value is -2.69. The molecule has 2 aromatic carbocycles. The Labute approximate surface area is 156 Å². The molecule has 138 valence electrons. The highest BCUT2D eigenvalue weighted by Gasteiger charge is 2.13. The Morgan fingerprint density at radius 2 is 1.96 bits per heavy atom. The summed E-state index contributed by atoms with van der Waals surface area (Å²) in [5, 5.41) is 6.75. The Morgan fingerprint density at radius 3 is 2.77 bits per heavy atom. The summed E-state index contributed by atoms with van der Waals surface area (Å²) in [5.74, 6) is 1.67. The molecule has 0 unspecified atom stereocenters. The summed E-state index contributed by atoms with van der Waals surface area (Å²) in [7, 11) is 5.65. The summed E-state index contributed by atoms with van der Waals surface area (Å²) in [4.78, 5) is 6.66. The lowest BCUT2D eigenvalue weighted by molar-refractivity contribution is 0.409. The number of rotatable bonds is 5. The van der Waals surface area contributed by atoms with Crippen molar-refractivity contribution >= 4 is 11.6 Å². The van der Waals surface area contributed by atoms with Crippen molar-refractivity contribution in [3.63, 3.8) is 0 Å². The molecule has 0 fully saturated rings. The first-order chi connectivity index (χ1) is 12.7. The Balaban J connectivity index is 1.58. The predicted octanol–water partition coefficient (Wildman–Crippen LogP) is 2.94. The SMILES string of the molecule is CN=C(NCc1ccc2c(c1)CCCN2C)NCc1ccccc1OC. The number of benzene rings is 2. The number of aliphatic imine (C=N–C) groups is 1. The maximum atomic E-state index is 5.40. The zero-order valence-electron chi connectivity index (χ0n) is 15.9. The monoisotopic (exact) mass is 352 g/mol. The number of anilines is 1. The van der Waals surface area contributed by atoms with Gasteiger partial charge in [-0.3, -0.25) is 4.99 Å². The maximum Gasteiger partial charge on any atom is 0.191 e. The van der Waals surface area contributed by atoms with Crippen LogP contribution in [0.4, 0.5) is 5.69 Å². The number of nitrogens with zero attached hydrogens (tertiary/aromatic N) is 2. The molecule has 0 aromatic heterocycles. The van der Waals surface area contributed by atoms with Gasteiger partial charge in [-0.25, -0.2) is 0 Å². The molecule has 26 heavy (non-hydrogen) atoms. The Bertz CT molecular complexity index is 772. The van der Waals surface area contributed by atoms with Crippen molar-refractivity contribution in [2.45, 2.75) is 25.9 Å². The van der Waals surface area contributed by atoms with Crippen molar-refractivity contribution in [3.05, 3.63) is 59.2 Å². The Morgan fingerprint density at radius 1 is 1.15 bits per heavy atom. The van der Waals surface area contributed by atoms with Crippen molar-refractivity contribution in [1.82, 2.24) is 10.6 Å². The van der Waals surface area contributed by atoms with E-state index in [9.17, 15) is 0 Å². The molecule has 3 rings (SSSR count). The van der Waals surface area contributed by atoms with Gasteiger partial charge in [-0.1, -0.05) is 30.3 Å². The third kappa shape index (κ3) is 4.28. The van der Waals surface area contributed by atoms with Crippen LogP contribution in [0.25, 0.3) is 0 Å². The number of guanidine groups is 1. The van der Waals surface area contributed by atoms with Gasteiger partial charge in [0.2, 0.25) is 0 Å². The van der Waals surface area contributed by atoms with Gasteiger partial charge in [-0.15, -0.1) is 0 Å². The van der Waals surface area contributed by atoms with E-state index in [0.717, 1.165) is 36.8 Å². The van der Waals surface area contributed by atoms with Crippen LogP contribution in [0, 0.1) is 0 Å². The number of para-hydroxylation sites is 1. The molecule has 0 aliphatic carbocycles. The van der Waals surface area contributed by atoms with Crippen molar-refractivity contribution < 1.29 is 4.74 Å². The molecule has 5 nitrogen and oxygen atoms in total. The van der Waals surface area contributed by atoms with Crippen molar-refractivity contribution in [2.24, 2.45) is 4.99 Å². The van der Waals surface area contributed by atoms with Crippen LogP contribution in [0.5, 0.6) is 5.75 Å². The smallest absolute Gasteiger partial charge is 0.191 e. The van der Waals surface area contributed by atoms with E-state index in [-0.39, 0.29) is 0 Å². The number of hydrogen-bond donors (Lipinski definition) is 2. The Kier molecular flexibility index (Phi) is 6.00. The molecule has 0 saturated heterocycles. The van der Waals surface area contributed by atoms with Gasteiger partial charge in [0.1, 0.15) is 5.75 Å². The topological polar surface area (TPSA) is 48.9 Å². The molecule has 0 spiro atoms. The molecule has 2 N–H and O–H groups in total. The minimum absolute atomic E-state index is 0.665. The van der Waals surface area contributed by atoms with Gasteiger partial charge in [-0.2, -0.15) is 0 Å². The van der Waals surface area contributed by atoms with Crippen LogP contribution in [-0.2, 0) is 19.5 Å². The highest BCUT2D eigenvalue weighted by molar-refractivity contribution is 5.79. The average Bonchev–Trinajstić information content (AvgIpc) is 2.68. The summed E-state index contributed by atoms with van der Waals surface area (Å²) >= 11 is 0. The predicted molar refractivity (Wildman–Crippen MR) is 108 cm³/mol. The minimum atomic E-state index is 0.665. The zero-order chi connectivity index (χ0) is 18.4. The summed E-state index contributed by atoms with van der Waals surface area (Å²) < 4.78 is 5.40. The first-order valence-electron chi connectivity index (χ1n) is 9.10. The van der Waals surface area contributed by atoms with Crippen molar-refractivity contribution in [3.8, 4) is 5.75 Å². The molecular formula is C21H28N4O. The summed E-state index contributed by atoms with van der Waals surface area (Å²) in [5.41, 5.74) is 5.18. The van der Waals surface area contributed by atoms with Crippen LogP contribution < -0.4 is 20.3 Å². The van der Waals surface area contributed by atoms with Crippen LogP contribution in [-0.4, -0.2) is 33.7 Å². The molecule has 0 amide bonds. The third-order valence-corrected chi connectivity index (χ3v) is 4.82. The largest absolute Gasteiger partial charge is 0.496 e.